The van der Waals surface area contributed by atoms with Gasteiger partial charge in [0.05, 0.1) is 6.61 Å². The Morgan fingerprint density at radius 2 is 1.91 bits per heavy atom. The van der Waals surface area contributed by atoms with Gasteiger partial charge >= 0.3 is 12.1 Å². The van der Waals surface area contributed by atoms with E-state index in [1.165, 1.54) is 0 Å². The van der Waals surface area contributed by atoms with Crippen molar-refractivity contribution in [3.8, 4) is 0 Å². The van der Waals surface area contributed by atoms with Gasteiger partial charge in [-0.1, -0.05) is 13.8 Å². The normalized spacial score (nSPS) is 9.45. The summed E-state index contributed by atoms with van der Waals surface area (Å²) in [5.74, 6) is -0.409. The molecule has 0 saturated heterocycles. The van der Waals surface area contributed by atoms with Crippen LogP contribution in [0.4, 0.5) is 4.79 Å². The van der Waals surface area contributed by atoms with E-state index in [1.807, 2.05) is 13.8 Å². The second-order valence-corrected chi connectivity index (χ2v) is 2.55. The van der Waals surface area contributed by atoms with Crippen molar-refractivity contribution in [1.82, 2.24) is 0 Å². The van der Waals surface area contributed by atoms with Gasteiger partial charge in [-0.3, -0.25) is 4.79 Å². The van der Waals surface area contributed by atoms with E-state index in [0.29, 0.717) is 0 Å². The van der Waals surface area contributed by atoms with E-state index in [1.54, 1.807) is 0 Å². The summed E-state index contributed by atoms with van der Waals surface area (Å²) in [7, 11) is 0. The maximum absolute atomic E-state index is 10.5. The minimum Gasteiger partial charge on any atom is -0.434 e. The monoisotopic (exact) mass is 160 g/mol. The van der Waals surface area contributed by atoms with Gasteiger partial charge in [0.2, 0.25) is 0 Å². The fourth-order valence-corrected chi connectivity index (χ4v) is 0.382. The maximum atomic E-state index is 10.5. The van der Waals surface area contributed by atoms with Crippen LogP contribution >= 0.6 is 0 Å². The van der Waals surface area contributed by atoms with Gasteiger partial charge in [-0.2, -0.15) is 0 Å². The first-order valence-electron chi connectivity index (χ1n) is 3.37. The first-order chi connectivity index (χ1) is 5.02. The Labute approximate surface area is 65.5 Å². The molecule has 0 aliphatic heterocycles. The summed E-state index contributed by atoms with van der Waals surface area (Å²) in [6, 6.07) is 0. The molecule has 0 spiro atoms. The molecule has 0 aliphatic carbocycles. The van der Waals surface area contributed by atoms with Gasteiger partial charge in [0.25, 0.3) is 0 Å². The van der Waals surface area contributed by atoms with Crippen LogP contribution in [0.3, 0.4) is 0 Å². The van der Waals surface area contributed by atoms with E-state index in [-0.39, 0.29) is 12.5 Å². The number of hydrogen-bond donors (Lipinski definition) is 0. The molecular formula is C7H12O4. The second-order valence-electron chi connectivity index (χ2n) is 2.55. The van der Waals surface area contributed by atoms with Crippen LogP contribution in [-0.2, 0) is 14.3 Å². The molecule has 0 amide bonds. The van der Waals surface area contributed by atoms with Crippen LogP contribution < -0.4 is 0 Å². The fraction of sp³-hybridized carbons (Fsp3) is 0.714. The molecule has 0 aromatic heterocycles. The number of ether oxygens (including phenoxy) is 2. The van der Waals surface area contributed by atoms with Crippen molar-refractivity contribution < 1.29 is 19.1 Å². The quantitative estimate of drug-likeness (QED) is 0.452. The Morgan fingerprint density at radius 3 is 2.27 bits per heavy atom. The minimum atomic E-state index is -0.925. The first-order valence-corrected chi connectivity index (χ1v) is 3.37. The smallest absolute Gasteiger partial charge is 0.434 e. The highest BCUT2D eigenvalue weighted by atomic mass is 16.7. The first kappa shape index (κ1) is 9.94. The molecule has 0 bridgehead atoms. The highest BCUT2D eigenvalue weighted by Gasteiger charge is 2.07. The van der Waals surface area contributed by atoms with E-state index < -0.39 is 12.1 Å². The summed E-state index contributed by atoms with van der Waals surface area (Å²) in [5.41, 5.74) is 0. The molecule has 0 aromatic carbocycles. The zero-order valence-corrected chi connectivity index (χ0v) is 6.92. The third-order valence-corrected chi connectivity index (χ3v) is 0.762. The van der Waals surface area contributed by atoms with Gasteiger partial charge in [0, 0.05) is 6.92 Å². The molecule has 0 heterocycles. The number of carbonyl (C=O) groups is 2. The summed E-state index contributed by atoms with van der Waals surface area (Å²) < 4.78 is 8.63. The zero-order chi connectivity index (χ0) is 8.85. The van der Waals surface area contributed by atoms with Crippen molar-refractivity contribution in [3.63, 3.8) is 0 Å². The van der Waals surface area contributed by atoms with Gasteiger partial charge in [0.15, 0.2) is 0 Å². The van der Waals surface area contributed by atoms with Crippen LogP contribution in [0, 0.1) is 5.92 Å². The molecule has 0 rings (SSSR count). The molecule has 0 aromatic rings. The Hall–Kier alpha value is -1.06. The Morgan fingerprint density at radius 1 is 1.36 bits per heavy atom. The van der Waals surface area contributed by atoms with Crippen molar-refractivity contribution >= 4 is 12.1 Å². The van der Waals surface area contributed by atoms with E-state index in [2.05, 4.69) is 9.47 Å². The van der Waals surface area contributed by atoms with Gasteiger partial charge in [-0.25, -0.2) is 4.79 Å². The summed E-state index contributed by atoms with van der Waals surface area (Å²) in [4.78, 5) is 20.7. The fourth-order valence-electron chi connectivity index (χ4n) is 0.382. The third kappa shape index (κ3) is 6.83. The Kier molecular flexibility index (Phi) is 4.26. The van der Waals surface area contributed by atoms with E-state index >= 15 is 0 Å². The van der Waals surface area contributed by atoms with Crippen LogP contribution in [0.1, 0.15) is 20.8 Å². The molecule has 0 saturated carbocycles. The van der Waals surface area contributed by atoms with Crippen LogP contribution in [0.25, 0.3) is 0 Å². The molecule has 4 nitrogen and oxygen atoms in total. The van der Waals surface area contributed by atoms with E-state index in [4.69, 9.17) is 0 Å². The molecular weight excluding hydrogens is 148 g/mol. The van der Waals surface area contributed by atoms with Crippen LogP contribution in [0.2, 0.25) is 0 Å². The summed E-state index contributed by atoms with van der Waals surface area (Å²) in [5, 5.41) is 0. The van der Waals surface area contributed by atoms with Gasteiger partial charge < -0.3 is 9.47 Å². The van der Waals surface area contributed by atoms with Crippen LogP contribution in [-0.4, -0.2) is 18.7 Å². The largest absolute Gasteiger partial charge is 0.516 e. The SMILES string of the molecule is CC(=O)OC(=O)OCC(C)C. The summed E-state index contributed by atoms with van der Waals surface area (Å²) in [6.45, 7) is 5.20. The Balaban J connectivity index is 3.46. The summed E-state index contributed by atoms with van der Waals surface area (Å²) in [6.07, 6.45) is -0.925. The van der Waals surface area contributed by atoms with Crippen molar-refractivity contribution in [3.05, 3.63) is 0 Å². The molecule has 11 heavy (non-hydrogen) atoms. The molecule has 0 atom stereocenters. The average molecular weight is 160 g/mol. The zero-order valence-electron chi connectivity index (χ0n) is 6.92. The standard InChI is InChI=1S/C7H12O4/c1-5(2)4-10-7(9)11-6(3)8/h5H,4H2,1-3H3. The topological polar surface area (TPSA) is 52.6 Å². The lowest BCUT2D eigenvalue weighted by molar-refractivity contribution is -0.137. The molecule has 0 fully saturated rings. The minimum absolute atomic E-state index is 0.245. The molecule has 0 radical (unpaired) electrons. The number of rotatable bonds is 2. The van der Waals surface area contributed by atoms with Gasteiger partial charge in [-0.15, -0.1) is 0 Å². The van der Waals surface area contributed by atoms with Gasteiger partial charge in [0.1, 0.15) is 0 Å². The third-order valence-electron chi connectivity index (χ3n) is 0.762. The molecule has 0 unspecified atom stereocenters. The lowest BCUT2D eigenvalue weighted by atomic mass is 10.2. The van der Waals surface area contributed by atoms with Crippen molar-refractivity contribution in [1.29, 1.82) is 0 Å². The number of carbonyl (C=O) groups excluding carboxylic acids is 2. The average Bonchev–Trinajstić information content (AvgIpc) is 1.82. The van der Waals surface area contributed by atoms with Crippen molar-refractivity contribution in [2.75, 3.05) is 6.61 Å². The number of esters is 1. The van der Waals surface area contributed by atoms with Gasteiger partial charge in [-0.05, 0) is 5.92 Å². The molecule has 4 heteroatoms. The highest BCUT2D eigenvalue weighted by Crippen LogP contribution is 1.94. The second kappa shape index (κ2) is 4.71. The molecule has 0 aliphatic rings. The van der Waals surface area contributed by atoms with Crippen molar-refractivity contribution in [2.24, 2.45) is 5.92 Å². The van der Waals surface area contributed by atoms with E-state index in [0.717, 1.165) is 6.92 Å². The van der Waals surface area contributed by atoms with Crippen molar-refractivity contribution in [2.45, 2.75) is 20.8 Å². The highest BCUT2D eigenvalue weighted by molar-refractivity contribution is 5.79. The van der Waals surface area contributed by atoms with Crippen LogP contribution in [0.5, 0.6) is 0 Å². The lowest BCUT2D eigenvalue weighted by Gasteiger charge is -2.04. The van der Waals surface area contributed by atoms with Crippen LogP contribution in [0.15, 0.2) is 0 Å². The van der Waals surface area contributed by atoms with E-state index in [9.17, 15) is 9.59 Å². The maximum Gasteiger partial charge on any atom is 0.516 e. The predicted octanol–water partition coefficient (Wildman–Crippen LogP) is 1.34. The number of hydrogen-bond acceptors (Lipinski definition) is 4. The summed E-state index contributed by atoms with van der Waals surface area (Å²) >= 11 is 0. The Bertz CT molecular complexity index is 151. The predicted molar refractivity (Wildman–Crippen MR) is 38.0 cm³/mol. The lowest BCUT2D eigenvalue weighted by Crippen LogP contribution is -2.13. The molecule has 0 N–H and O–H groups in total. The molecule has 64 valence electrons.